The summed E-state index contributed by atoms with van der Waals surface area (Å²) >= 11 is 0. The van der Waals surface area contributed by atoms with Gasteiger partial charge in [0.05, 0.1) is 47.4 Å². The Hall–Kier alpha value is -4.28. The molecule has 0 aliphatic carbocycles. The number of methoxy groups -OCH3 is 4. The van der Waals surface area contributed by atoms with Crippen LogP contribution >= 0.6 is 0 Å². The fraction of sp³-hybridized carbons (Fsp3) is 0.484. The third-order valence-corrected chi connectivity index (χ3v) is 7.16. The van der Waals surface area contributed by atoms with E-state index in [1.807, 2.05) is 18.2 Å². The molecule has 1 heterocycles. The molecule has 0 radical (unpaired) electrons. The summed E-state index contributed by atoms with van der Waals surface area (Å²) in [6.07, 6.45) is 0.673. The lowest BCUT2D eigenvalue weighted by Crippen LogP contribution is -2.45. The molecule has 0 unspecified atom stereocenters. The normalized spacial score (nSPS) is 16.8. The molecule has 11 heteroatoms. The maximum absolute atomic E-state index is 12.6. The number of cyclic esters (lactones) is 1. The van der Waals surface area contributed by atoms with Crippen LogP contribution in [0.3, 0.4) is 0 Å². The number of hydrogen-bond donors (Lipinski definition) is 1. The molecule has 0 saturated carbocycles. The van der Waals surface area contributed by atoms with Gasteiger partial charge in [-0.15, -0.1) is 0 Å². The van der Waals surface area contributed by atoms with E-state index in [1.54, 1.807) is 46.3 Å². The summed E-state index contributed by atoms with van der Waals surface area (Å²) in [5.74, 6) is -0.745. The molecule has 0 aromatic heterocycles. The zero-order valence-electron chi connectivity index (χ0n) is 24.9. The smallest absolute Gasteiger partial charge is 0.328 e. The fourth-order valence-corrected chi connectivity index (χ4v) is 4.80. The van der Waals surface area contributed by atoms with E-state index in [2.05, 4.69) is 5.32 Å². The number of carbonyl (C=O) groups is 4. The number of esters is 3. The van der Waals surface area contributed by atoms with Crippen molar-refractivity contribution in [2.75, 3.05) is 35.0 Å². The largest absolute Gasteiger partial charge is 0.493 e. The van der Waals surface area contributed by atoms with E-state index < -0.39 is 23.9 Å². The lowest BCUT2D eigenvalue weighted by molar-refractivity contribution is -0.146. The van der Waals surface area contributed by atoms with E-state index in [9.17, 15) is 19.2 Å². The van der Waals surface area contributed by atoms with Gasteiger partial charge in [0.25, 0.3) is 0 Å². The van der Waals surface area contributed by atoms with Crippen LogP contribution in [0.15, 0.2) is 36.4 Å². The van der Waals surface area contributed by atoms with Gasteiger partial charge in [0.2, 0.25) is 5.91 Å². The second-order valence-electron chi connectivity index (χ2n) is 10.4. The SMILES string of the molecule is COC(=O)[C@@H](NC(=O)CCC(=O)Oc1ccc(C[C@H]2C(=O)OC[C@@H]2Cc2ccc(OC)c(OC)c2)cc1OC)C(C)C. The first-order valence-corrected chi connectivity index (χ1v) is 13.7. The van der Waals surface area contributed by atoms with Crippen molar-refractivity contribution in [3.05, 3.63) is 47.5 Å². The van der Waals surface area contributed by atoms with Crippen LogP contribution in [0.25, 0.3) is 0 Å². The van der Waals surface area contributed by atoms with E-state index in [0.717, 1.165) is 11.1 Å². The van der Waals surface area contributed by atoms with Crippen LogP contribution in [-0.2, 0) is 41.5 Å². The molecule has 3 rings (SSSR count). The third kappa shape index (κ3) is 8.37. The lowest BCUT2D eigenvalue weighted by atomic mass is 9.85. The first-order chi connectivity index (χ1) is 20.1. The summed E-state index contributed by atoms with van der Waals surface area (Å²) in [7, 11) is 5.85. The molecule has 0 bridgehead atoms. The fourth-order valence-electron chi connectivity index (χ4n) is 4.80. The highest BCUT2D eigenvalue weighted by molar-refractivity contribution is 5.87. The number of benzene rings is 2. The monoisotopic (exact) mass is 585 g/mol. The topological polar surface area (TPSA) is 136 Å². The van der Waals surface area contributed by atoms with Crippen LogP contribution in [0.5, 0.6) is 23.0 Å². The van der Waals surface area contributed by atoms with Crippen molar-refractivity contribution in [3.8, 4) is 23.0 Å². The Labute approximate surface area is 245 Å². The Bertz CT molecular complexity index is 1270. The molecule has 1 N–H and O–H groups in total. The predicted molar refractivity (Wildman–Crippen MR) is 152 cm³/mol. The van der Waals surface area contributed by atoms with Gasteiger partial charge in [-0.1, -0.05) is 26.0 Å². The molecule has 2 aromatic carbocycles. The van der Waals surface area contributed by atoms with E-state index in [-0.39, 0.29) is 42.3 Å². The predicted octanol–water partition coefficient (Wildman–Crippen LogP) is 3.29. The molecule has 228 valence electrons. The van der Waals surface area contributed by atoms with Crippen LogP contribution in [0, 0.1) is 17.8 Å². The lowest BCUT2D eigenvalue weighted by Gasteiger charge is -2.19. The average molecular weight is 586 g/mol. The molecule has 11 nitrogen and oxygen atoms in total. The highest BCUT2D eigenvalue weighted by Gasteiger charge is 2.37. The van der Waals surface area contributed by atoms with Crippen LogP contribution < -0.4 is 24.3 Å². The van der Waals surface area contributed by atoms with Gasteiger partial charge in [-0.05, 0) is 54.2 Å². The van der Waals surface area contributed by atoms with E-state index >= 15 is 0 Å². The summed E-state index contributed by atoms with van der Waals surface area (Å²) < 4.78 is 31.7. The number of carbonyl (C=O) groups excluding carboxylic acids is 4. The van der Waals surface area contributed by atoms with Crippen LogP contribution in [0.2, 0.25) is 0 Å². The number of rotatable bonds is 14. The second-order valence-corrected chi connectivity index (χ2v) is 10.4. The van der Waals surface area contributed by atoms with Crippen molar-refractivity contribution in [1.82, 2.24) is 5.32 Å². The Morgan fingerprint density at radius 1 is 0.857 bits per heavy atom. The van der Waals surface area contributed by atoms with Crippen molar-refractivity contribution >= 4 is 23.8 Å². The molecular formula is C31H39NO10. The first-order valence-electron chi connectivity index (χ1n) is 13.7. The molecular weight excluding hydrogens is 546 g/mol. The maximum Gasteiger partial charge on any atom is 0.328 e. The van der Waals surface area contributed by atoms with Crippen molar-refractivity contribution in [2.24, 2.45) is 17.8 Å². The first kappa shape index (κ1) is 32.2. The molecule has 42 heavy (non-hydrogen) atoms. The van der Waals surface area contributed by atoms with Crippen molar-refractivity contribution in [1.29, 1.82) is 0 Å². The third-order valence-electron chi connectivity index (χ3n) is 7.16. The Morgan fingerprint density at radius 2 is 1.45 bits per heavy atom. The van der Waals surface area contributed by atoms with E-state index in [0.29, 0.717) is 36.7 Å². The number of ether oxygens (including phenoxy) is 6. The van der Waals surface area contributed by atoms with Gasteiger partial charge < -0.3 is 33.7 Å². The van der Waals surface area contributed by atoms with Crippen LogP contribution in [0.4, 0.5) is 0 Å². The molecule has 0 spiro atoms. The number of amides is 1. The Kier molecular flexibility index (Phi) is 11.6. The molecule has 1 amide bonds. The Morgan fingerprint density at radius 3 is 2.05 bits per heavy atom. The van der Waals surface area contributed by atoms with Gasteiger partial charge in [0.1, 0.15) is 6.04 Å². The highest BCUT2D eigenvalue weighted by Crippen LogP contribution is 2.35. The van der Waals surface area contributed by atoms with Gasteiger partial charge >= 0.3 is 17.9 Å². The summed E-state index contributed by atoms with van der Waals surface area (Å²) in [5, 5.41) is 2.59. The zero-order valence-corrected chi connectivity index (χ0v) is 24.9. The molecule has 1 saturated heterocycles. The molecule has 1 aliphatic rings. The highest BCUT2D eigenvalue weighted by atomic mass is 16.6. The van der Waals surface area contributed by atoms with Gasteiger partial charge in [-0.25, -0.2) is 4.79 Å². The van der Waals surface area contributed by atoms with Gasteiger partial charge in [-0.3, -0.25) is 14.4 Å². The van der Waals surface area contributed by atoms with E-state index in [4.69, 9.17) is 28.4 Å². The van der Waals surface area contributed by atoms with E-state index in [1.165, 1.54) is 14.2 Å². The second kappa shape index (κ2) is 15.1. The van der Waals surface area contributed by atoms with Gasteiger partial charge in [0.15, 0.2) is 23.0 Å². The summed E-state index contributed by atoms with van der Waals surface area (Å²) in [6.45, 7) is 3.87. The summed E-state index contributed by atoms with van der Waals surface area (Å²) in [6, 6.07) is 9.96. The minimum atomic E-state index is -0.804. The summed E-state index contributed by atoms with van der Waals surface area (Å²) in [4.78, 5) is 49.3. The average Bonchev–Trinajstić information content (AvgIpc) is 3.32. The van der Waals surface area contributed by atoms with Crippen molar-refractivity contribution in [2.45, 2.75) is 45.6 Å². The molecule has 2 aromatic rings. The van der Waals surface area contributed by atoms with Crippen LogP contribution in [0.1, 0.15) is 37.8 Å². The van der Waals surface area contributed by atoms with Crippen molar-refractivity contribution in [3.63, 3.8) is 0 Å². The molecule has 1 aliphatic heterocycles. The summed E-state index contributed by atoms with van der Waals surface area (Å²) in [5.41, 5.74) is 1.81. The zero-order chi connectivity index (χ0) is 30.8. The number of nitrogens with one attached hydrogen (secondary N) is 1. The number of hydrogen-bond acceptors (Lipinski definition) is 10. The standard InChI is InChI=1S/C31H39NO10/c1-18(2)29(31(36)40-6)32-27(33)11-12-28(34)42-24-10-8-20(16-26(24)39-5)14-22-21(17-41-30(22)35)13-19-7-9-23(37-3)25(15-19)38-4/h7-10,15-16,18,21-22,29H,11-14,17H2,1-6H3,(H,32,33)/t21-,22+,29-/m0/s1. The van der Waals surface area contributed by atoms with Gasteiger partial charge in [0, 0.05) is 12.3 Å². The minimum Gasteiger partial charge on any atom is -0.493 e. The maximum atomic E-state index is 12.6. The quantitative estimate of drug-likeness (QED) is 0.260. The van der Waals surface area contributed by atoms with Crippen molar-refractivity contribution < 1.29 is 47.6 Å². The molecule has 1 fully saturated rings. The minimum absolute atomic E-state index is 0.0419. The van der Waals surface area contributed by atoms with Gasteiger partial charge in [-0.2, -0.15) is 0 Å². The Balaban J connectivity index is 1.61. The van der Waals surface area contributed by atoms with Crippen LogP contribution in [-0.4, -0.2) is 64.9 Å². The molecule has 3 atom stereocenters.